The summed E-state index contributed by atoms with van der Waals surface area (Å²) in [6, 6.07) is 2.08. The van der Waals surface area contributed by atoms with Gasteiger partial charge in [-0.2, -0.15) is 0 Å². The first-order chi connectivity index (χ1) is 9.50. The van der Waals surface area contributed by atoms with Crippen LogP contribution in [0, 0.1) is 0 Å². The molecule has 1 N–H and O–H groups in total. The van der Waals surface area contributed by atoms with Crippen LogP contribution >= 0.6 is 0 Å². The molecule has 2 heterocycles. The lowest BCUT2D eigenvalue weighted by Gasteiger charge is -2.33. The number of aliphatic carboxylic acids is 1. The minimum Gasteiger partial charge on any atom is -0.480 e. The highest BCUT2D eigenvalue weighted by molar-refractivity contribution is 5.95. The summed E-state index contributed by atoms with van der Waals surface area (Å²) in [5.41, 5.74) is 0.110. The quantitative estimate of drug-likeness (QED) is 0.918. The Bertz CT molecular complexity index is 502. The molecule has 2 rings (SSSR count). The smallest absolute Gasteiger partial charge is 0.326 e. The Labute approximate surface area is 114 Å². The zero-order valence-corrected chi connectivity index (χ0v) is 10.8. The van der Waals surface area contributed by atoms with Gasteiger partial charge in [0.05, 0.1) is 6.54 Å². The van der Waals surface area contributed by atoms with E-state index in [1.54, 1.807) is 0 Å². The number of hydrogen-bond acceptors (Lipinski definition) is 2. The maximum absolute atomic E-state index is 12.4. The lowest BCUT2D eigenvalue weighted by atomic mass is 10.0. The molecule has 0 aromatic carbocycles. The van der Waals surface area contributed by atoms with E-state index in [2.05, 4.69) is 0 Å². The first kappa shape index (κ1) is 14.5. The molecule has 5 nitrogen and oxygen atoms in total. The van der Waals surface area contributed by atoms with Crippen LogP contribution in [-0.4, -0.2) is 45.5 Å². The van der Waals surface area contributed by atoms with Crippen LogP contribution in [0.3, 0.4) is 0 Å². The second-order valence-electron chi connectivity index (χ2n) is 4.79. The second-order valence-corrected chi connectivity index (χ2v) is 4.79. The molecule has 1 aliphatic rings. The highest BCUT2D eigenvalue weighted by Gasteiger charge is 2.33. The average molecular weight is 286 g/mol. The molecule has 1 aromatic heterocycles. The highest BCUT2D eigenvalue weighted by Crippen LogP contribution is 2.20. The number of nitrogens with zero attached hydrogens (tertiary/aromatic N) is 2. The molecule has 7 heteroatoms. The van der Waals surface area contributed by atoms with Crippen molar-refractivity contribution >= 4 is 11.9 Å². The zero-order chi connectivity index (χ0) is 14.7. The van der Waals surface area contributed by atoms with Crippen LogP contribution in [0.1, 0.15) is 29.8 Å². The van der Waals surface area contributed by atoms with Gasteiger partial charge in [-0.25, -0.2) is 13.6 Å². The number of rotatable bonds is 4. The van der Waals surface area contributed by atoms with Crippen molar-refractivity contribution < 1.29 is 23.5 Å². The molecule has 1 aromatic rings. The lowest BCUT2D eigenvalue weighted by Crippen LogP contribution is -2.48. The number of alkyl halides is 2. The maximum atomic E-state index is 12.4. The Balaban J connectivity index is 2.21. The summed E-state index contributed by atoms with van der Waals surface area (Å²) in [4.78, 5) is 24.8. The number of hydrogen-bond donors (Lipinski definition) is 1. The molecule has 0 aliphatic carbocycles. The van der Waals surface area contributed by atoms with Gasteiger partial charge in [0, 0.05) is 12.7 Å². The van der Waals surface area contributed by atoms with E-state index in [1.165, 1.54) is 27.8 Å². The fraction of sp³-hybridized carbons (Fsp3) is 0.538. The SMILES string of the molecule is O=C(O)C1CCCCN1C(=O)c1cccn1CC(F)F. The van der Waals surface area contributed by atoms with Crippen molar-refractivity contribution in [3.8, 4) is 0 Å². The van der Waals surface area contributed by atoms with Gasteiger partial charge in [-0.1, -0.05) is 0 Å². The van der Waals surface area contributed by atoms with Gasteiger partial charge in [0.15, 0.2) is 0 Å². The number of likely N-dealkylation sites (tertiary alicyclic amines) is 1. The van der Waals surface area contributed by atoms with E-state index in [9.17, 15) is 18.4 Å². The summed E-state index contributed by atoms with van der Waals surface area (Å²) in [7, 11) is 0. The third-order valence-corrected chi connectivity index (χ3v) is 3.43. The van der Waals surface area contributed by atoms with Crippen LogP contribution in [0.25, 0.3) is 0 Å². The van der Waals surface area contributed by atoms with Crippen molar-refractivity contribution in [1.82, 2.24) is 9.47 Å². The zero-order valence-electron chi connectivity index (χ0n) is 10.8. The van der Waals surface area contributed by atoms with E-state index in [1.807, 2.05) is 0 Å². The van der Waals surface area contributed by atoms with Crippen LogP contribution in [0.15, 0.2) is 18.3 Å². The van der Waals surface area contributed by atoms with Gasteiger partial charge in [-0.3, -0.25) is 4.79 Å². The molecule has 20 heavy (non-hydrogen) atoms. The Kier molecular flexibility index (Phi) is 4.36. The van der Waals surface area contributed by atoms with Crippen molar-refractivity contribution in [2.75, 3.05) is 6.54 Å². The van der Waals surface area contributed by atoms with E-state index in [0.29, 0.717) is 13.0 Å². The third-order valence-electron chi connectivity index (χ3n) is 3.43. The minimum absolute atomic E-state index is 0.110. The lowest BCUT2D eigenvalue weighted by molar-refractivity contribution is -0.143. The predicted octanol–water partition coefficient (Wildman–Crippen LogP) is 1.83. The third kappa shape index (κ3) is 2.97. The fourth-order valence-electron chi connectivity index (χ4n) is 2.49. The van der Waals surface area contributed by atoms with Crippen molar-refractivity contribution in [3.63, 3.8) is 0 Å². The Morgan fingerprint density at radius 2 is 2.15 bits per heavy atom. The molecule has 1 aliphatic heterocycles. The number of piperidine rings is 1. The molecule has 1 unspecified atom stereocenters. The summed E-state index contributed by atoms with van der Waals surface area (Å²) < 4.78 is 26.1. The topological polar surface area (TPSA) is 62.5 Å². The Morgan fingerprint density at radius 3 is 2.80 bits per heavy atom. The largest absolute Gasteiger partial charge is 0.480 e. The van der Waals surface area contributed by atoms with Gasteiger partial charge in [-0.15, -0.1) is 0 Å². The van der Waals surface area contributed by atoms with Crippen LogP contribution in [-0.2, 0) is 11.3 Å². The summed E-state index contributed by atoms with van der Waals surface area (Å²) >= 11 is 0. The van der Waals surface area contributed by atoms with Gasteiger partial charge < -0.3 is 14.6 Å². The first-order valence-electron chi connectivity index (χ1n) is 6.47. The highest BCUT2D eigenvalue weighted by atomic mass is 19.3. The van der Waals surface area contributed by atoms with Crippen molar-refractivity contribution in [2.45, 2.75) is 38.3 Å². The van der Waals surface area contributed by atoms with Gasteiger partial charge in [0.2, 0.25) is 0 Å². The molecule has 110 valence electrons. The molecular formula is C13H16F2N2O3. The number of amides is 1. The molecule has 0 radical (unpaired) electrons. The molecule has 0 bridgehead atoms. The molecule has 0 saturated carbocycles. The normalized spacial score (nSPS) is 19.4. The van der Waals surface area contributed by atoms with Crippen molar-refractivity contribution in [3.05, 3.63) is 24.0 Å². The van der Waals surface area contributed by atoms with E-state index in [-0.39, 0.29) is 5.69 Å². The van der Waals surface area contributed by atoms with Crippen LogP contribution in [0.5, 0.6) is 0 Å². The summed E-state index contributed by atoms with van der Waals surface area (Å²) in [6.07, 6.45) is 0.713. The van der Waals surface area contributed by atoms with Gasteiger partial charge >= 0.3 is 5.97 Å². The van der Waals surface area contributed by atoms with Gasteiger partial charge in [0.1, 0.15) is 11.7 Å². The molecular weight excluding hydrogens is 270 g/mol. The number of carbonyl (C=O) groups excluding carboxylic acids is 1. The van der Waals surface area contributed by atoms with E-state index < -0.39 is 30.9 Å². The second kappa shape index (κ2) is 6.02. The van der Waals surface area contributed by atoms with E-state index >= 15 is 0 Å². The van der Waals surface area contributed by atoms with Gasteiger partial charge in [0.25, 0.3) is 12.3 Å². The number of carboxylic acid groups (broad SMARTS) is 1. The van der Waals surface area contributed by atoms with Crippen LogP contribution < -0.4 is 0 Å². The standard InChI is InChI=1S/C13H16F2N2O3/c14-11(15)8-16-6-3-5-9(16)12(18)17-7-2-1-4-10(17)13(19)20/h3,5-6,10-11H,1-2,4,7-8H2,(H,19,20). The maximum Gasteiger partial charge on any atom is 0.326 e. The molecule has 1 amide bonds. The Hall–Kier alpha value is -1.92. The van der Waals surface area contributed by atoms with E-state index in [4.69, 9.17) is 5.11 Å². The Morgan fingerprint density at radius 1 is 1.40 bits per heavy atom. The number of carbonyl (C=O) groups is 2. The average Bonchev–Trinajstić information content (AvgIpc) is 2.85. The van der Waals surface area contributed by atoms with Gasteiger partial charge in [-0.05, 0) is 31.4 Å². The molecule has 1 saturated heterocycles. The summed E-state index contributed by atoms with van der Waals surface area (Å²) in [5.74, 6) is -1.55. The number of halogens is 2. The van der Waals surface area contributed by atoms with Crippen molar-refractivity contribution in [2.24, 2.45) is 0 Å². The summed E-state index contributed by atoms with van der Waals surface area (Å²) in [5, 5.41) is 9.15. The number of aromatic nitrogens is 1. The first-order valence-corrected chi connectivity index (χ1v) is 6.47. The van der Waals surface area contributed by atoms with Crippen LogP contribution in [0.2, 0.25) is 0 Å². The fourth-order valence-corrected chi connectivity index (χ4v) is 2.49. The van der Waals surface area contributed by atoms with Crippen LogP contribution in [0.4, 0.5) is 8.78 Å². The predicted molar refractivity (Wildman–Crippen MR) is 66.7 cm³/mol. The molecule has 1 fully saturated rings. The number of carboxylic acids is 1. The minimum atomic E-state index is -2.56. The molecule has 1 atom stereocenters. The van der Waals surface area contributed by atoms with Crippen molar-refractivity contribution in [1.29, 1.82) is 0 Å². The summed E-state index contributed by atoms with van der Waals surface area (Å²) in [6.45, 7) is -0.227. The molecule has 0 spiro atoms. The van der Waals surface area contributed by atoms with E-state index in [0.717, 1.165) is 12.8 Å². The monoisotopic (exact) mass is 286 g/mol.